The second-order valence-corrected chi connectivity index (χ2v) is 6.07. The topological polar surface area (TPSA) is 75.6 Å². The van der Waals surface area contributed by atoms with E-state index in [1.807, 2.05) is 0 Å². The molecule has 0 aromatic heterocycles. The average molecular weight is 283 g/mol. The van der Waals surface area contributed by atoms with E-state index >= 15 is 0 Å². The summed E-state index contributed by atoms with van der Waals surface area (Å²) in [5.74, 6) is -0.732. The minimum atomic E-state index is -0.947. The van der Waals surface area contributed by atoms with E-state index in [9.17, 15) is 14.7 Å². The van der Waals surface area contributed by atoms with Crippen LogP contribution in [0, 0.1) is 11.8 Å². The second-order valence-electron chi connectivity index (χ2n) is 6.07. The van der Waals surface area contributed by atoms with Crippen molar-refractivity contribution in [2.45, 2.75) is 57.4 Å². The number of carbonyl (C=O) groups is 2. The number of ether oxygens (including phenoxy) is 1. The lowest BCUT2D eigenvalue weighted by molar-refractivity contribution is -0.145. The monoisotopic (exact) mass is 283 g/mol. The Morgan fingerprint density at radius 2 is 1.90 bits per heavy atom. The molecule has 2 atom stereocenters. The number of nitrogens with one attached hydrogen (secondary N) is 1. The van der Waals surface area contributed by atoms with Crippen molar-refractivity contribution in [3.63, 3.8) is 0 Å². The lowest BCUT2D eigenvalue weighted by atomic mass is 9.86. The van der Waals surface area contributed by atoms with Gasteiger partial charge in [-0.25, -0.2) is 4.79 Å². The van der Waals surface area contributed by atoms with E-state index in [-0.39, 0.29) is 11.8 Å². The normalized spacial score (nSPS) is 25.9. The smallest absolute Gasteiger partial charge is 0.326 e. The van der Waals surface area contributed by atoms with Crippen LogP contribution in [-0.2, 0) is 14.3 Å². The Morgan fingerprint density at radius 3 is 2.50 bits per heavy atom. The number of amides is 1. The molecular formula is C15H25NO4. The molecule has 0 aromatic carbocycles. The van der Waals surface area contributed by atoms with Gasteiger partial charge in [0, 0.05) is 18.9 Å². The van der Waals surface area contributed by atoms with E-state index in [4.69, 9.17) is 4.74 Å². The van der Waals surface area contributed by atoms with Gasteiger partial charge in [0.15, 0.2) is 0 Å². The summed E-state index contributed by atoms with van der Waals surface area (Å²) in [7, 11) is 0. The van der Waals surface area contributed by atoms with Crippen LogP contribution >= 0.6 is 0 Å². The van der Waals surface area contributed by atoms with Gasteiger partial charge in [0.1, 0.15) is 6.04 Å². The molecule has 0 aromatic rings. The molecule has 1 saturated heterocycles. The van der Waals surface area contributed by atoms with Crippen LogP contribution in [0.1, 0.15) is 51.4 Å². The summed E-state index contributed by atoms with van der Waals surface area (Å²) in [5, 5.41) is 12.0. The van der Waals surface area contributed by atoms with Crippen molar-refractivity contribution in [3.8, 4) is 0 Å². The number of aliphatic carboxylic acids is 1. The van der Waals surface area contributed by atoms with Crippen LogP contribution < -0.4 is 5.32 Å². The largest absolute Gasteiger partial charge is 0.480 e. The van der Waals surface area contributed by atoms with Gasteiger partial charge in [0.2, 0.25) is 5.91 Å². The number of hydrogen-bond donors (Lipinski definition) is 2. The predicted octanol–water partition coefficient (Wildman–Crippen LogP) is 1.95. The van der Waals surface area contributed by atoms with Crippen molar-refractivity contribution in [1.82, 2.24) is 5.32 Å². The molecule has 2 aliphatic rings. The first kappa shape index (κ1) is 15.3. The van der Waals surface area contributed by atoms with Crippen LogP contribution in [0.2, 0.25) is 0 Å². The summed E-state index contributed by atoms with van der Waals surface area (Å²) in [6.45, 7) is 1.12. The molecule has 0 spiro atoms. The quantitative estimate of drug-likeness (QED) is 0.808. The molecule has 2 fully saturated rings. The van der Waals surface area contributed by atoms with Gasteiger partial charge in [0.05, 0.1) is 6.61 Å². The zero-order chi connectivity index (χ0) is 14.4. The number of carboxylic acids is 1. The summed E-state index contributed by atoms with van der Waals surface area (Å²) < 4.78 is 5.33. The first-order valence-electron chi connectivity index (χ1n) is 7.76. The fraction of sp³-hybridized carbons (Fsp3) is 0.867. The van der Waals surface area contributed by atoms with Crippen molar-refractivity contribution in [2.24, 2.45) is 11.8 Å². The Labute approximate surface area is 120 Å². The standard InChI is InChI=1S/C15H25NO4/c17-13(9-11-5-2-1-3-6-11)16-14(15(18)19)12-7-4-8-20-10-12/h11-12,14H,1-10H2,(H,16,17)(H,18,19). The molecule has 2 unspecified atom stereocenters. The Morgan fingerprint density at radius 1 is 1.15 bits per heavy atom. The number of carboxylic acid groups (broad SMARTS) is 1. The molecule has 1 heterocycles. The summed E-state index contributed by atoms with van der Waals surface area (Å²) in [5.41, 5.74) is 0. The average Bonchev–Trinajstić information content (AvgIpc) is 2.46. The third kappa shape index (κ3) is 4.47. The Hall–Kier alpha value is -1.10. The van der Waals surface area contributed by atoms with E-state index in [0.717, 1.165) is 25.7 Å². The van der Waals surface area contributed by atoms with Gasteiger partial charge in [-0.3, -0.25) is 4.79 Å². The summed E-state index contributed by atoms with van der Waals surface area (Å²) in [6.07, 6.45) is 7.98. The number of carbonyl (C=O) groups excluding carboxylic acids is 1. The van der Waals surface area contributed by atoms with Crippen LogP contribution in [0.4, 0.5) is 0 Å². The molecule has 114 valence electrons. The zero-order valence-electron chi connectivity index (χ0n) is 12.0. The van der Waals surface area contributed by atoms with Gasteiger partial charge < -0.3 is 15.2 Å². The van der Waals surface area contributed by atoms with Gasteiger partial charge in [0.25, 0.3) is 0 Å². The first-order valence-corrected chi connectivity index (χ1v) is 7.76. The van der Waals surface area contributed by atoms with Crippen LogP contribution in [0.15, 0.2) is 0 Å². The highest BCUT2D eigenvalue weighted by atomic mass is 16.5. The Bertz CT molecular complexity index is 333. The molecule has 2 rings (SSSR count). The molecule has 0 radical (unpaired) electrons. The minimum Gasteiger partial charge on any atom is -0.480 e. The molecule has 1 amide bonds. The van der Waals surface area contributed by atoms with Crippen molar-refractivity contribution in [2.75, 3.05) is 13.2 Å². The van der Waals surface area contributed by atoms with Crippen molar-refractivity contribution >= 4 is 11.9 Å². The van der Waals surface area contributed by atoms with Crippen molar-refractivity contribution < 1.29 is 19.4 Å². The maximum Gasteiger partial charge on any atom is 0.326 e. The fourth-order valence-electron chi connectivity index (χ4n) is 3.30. The van der Waals surface area contributed by atoms with Gasteiger partial charge >= 0.3 is 5.97 Å². The first-order chi connectivity index (χ1) is 9.66. The molecule has 1 aliphatic carbocycles. The molecule has 1 saturated carbocycles. The van der Waals surface area contributed by atoms with Crippen molar-refractivity contribution in [3.05, 3.63) is 0 Å². The SMILES string of the molecule is O=C(CC1CCCCC1)NC(C(=O)O)C1CCCOC1. The van der Waals surface area contributed by atoms with Crippen LogP contribution in [0.25, 0.3) is 0 Å². The van der Waals surface area contributed by atoms with E-state index in [1.54, 1.807) is 0 Å². The summed E-state index contributed by atoms with van der Waals surface area (Å²) >= 11 is 0. The molecule has 1 aliphatic heterocycles. The van der Waals surface area contributed by atoms with E-state index in [1.165, 1.54) is 19.3 Å². The maximum absolute atomic E-state index is 12.1. The van der Waals surface area contributed by atoms with Crippen molar-refractivity contribution in [1.29, 1.82) is 0 Å². The summed E-state index contributed by atoms with van der Waals surface area (Å²) in [4.78, 5) is 23.4. The van der Waals surface area contributed by atoms with Gasteiger partial charge in [-0.05, 0) is 31.6 Å². The highest BCUT2D eigenvalue weighted by Gasteiger charge is 2.31. The maximum atomic E-state index is 12.1. The van der Waals surface area contributed by atoms with Gasteiger partial charge in [-0.2, -0.15) is 0 Å². The molecule has 5 heteroatoms. The third-order valence-electron chi connectivity index (χ3n) is 4.45. The third-order valence-corrected chi connectivity index (χ3v) is 4.45. The molecule has 2 N–H and O–H groups in total. The lowest BCUT2D eigenvalue weighted by Gasteiger charge is -2.29. The highest BCUT2D eigenvalue weighted by Crippen LogP contribution is 2.26. The second kappa shape index (κ2) is 7.62. The van der Waals surface area contributed by atoms with E-state index < -0.39 is 12.0 Å². The number of hydrogen-bond acceptors (Lipinski definition) is 3. The Balaban J connectivity index is 1.83. The Kier molecular flexibility index (Phi) is 5.83. The van der Waals surface area contributed by atoms with Gasteiger partial charge in [-0.1, -0.05) is 19.3 Å². The molecule has 0 bridgehead atoms. The van der Waals surface area contributed by atoms with Crippen LogP contribution in [0.5, 0.6) is 0 Å². The van der Waals surface area contributed by atoms with Gasteiger partial charge in [-0.15, -0.1) is 0 Å². The molecular weight excluding hydrogens is 258 g/mol. The zero-order valence-corrected chi connectivity index (χ0v) is 12.0. The van der Waals surface area contributed by atoms with Crippen LogP contribution in [-0.4, -0.2) is 36.2 Å². The minimum absolute atomic E-state index is 0.100. The van der Waals surface area contributed by atoms with Crippen LogP contribution in [0.3, 0.4) is 0 Å². The van der Waals surface area contributed by atoms with E-state index in [0.29, 0.717) is 25.6 Å². The lowest BCUT2D eigenvalue weighted by Crippen LogP contribution is -2.48. The van der Waals surface area contributed by atoms with E-state index in [2.05, 4.69) is 5.32 Å². The highest BCUT2D eigenvalue weighted by molar-refractivity contribution is 5.83. The predicted molar refractivity (Wildman–Crippen MR) is 74.3 cm³/mol. The molecule has 20 heavy (non-hydrogen) atoms. The fourth-order valence-corrected chi connectivity index (χ4v) is 3.30. The number of rotatable bonds is 5. The summed E-state index contributed by atoms with van der Waals surface area (Å²) in [6, 6.07) is -0.800. The molecule has 5 nitrogen and oxygen atoms in total.